The van der Waals surface area contributed by atoms with E-state index >= 15 is 0 Å². The van der Waals surface area contributed by atoms with Gasteiger partial charge in [-0.15, -0.1) is 0 Å². The maximum absolute atomic E-state index is 14.9. The van der Waals surface area contributed by atoms with Gasteiger partial charge in [0.05, 0.1) is 27.4 Å². The van der Waals surface area contributed by atoms with E-state index in [9.17, 15) is 19.1 Å². The van der Waals surface area contributed by atoms with E-state index in [1.807, 2.05) is 43.0 Å². The lowest BCUT2D eigenvalue weighted by molar-refractivity contribution is -0.126. The van der Waals surface area contributed by atoms with Crippen LogP contribution in [0.5, 0.6) is 5.75 Å². The first-order valence-electron chi connectivity index (χ1n) is 12.6. The highest BCUT2D eigenvalue weighted by atomic mass is 35.5. The van der Waals surface area contributed by atoms with E-state index in [0.29, 0.717) is 43.1 Å². The number of phenolic OH excluding ortho intramolecular Hbond substituents is 1. The number of carbonyl (C=O) groups is 1. The summed E-state index contributed by atoms with van der Waals surface area (Å²) >= 11 is 6.66. The first-order valence-corrected chi connectivity index (χ1v) is 13.0. The largest absolute Gasteiger partial charge is 0.507 e. The molecule has 39 heavy (non-hydrogen) atoms. The van der Waals surface area contributed by atoms with Crippen LogP contribution >= 0.6 is 11.6 Å². The molecule has 1 aliphatic heterocycles. The molecular formula is C29H27ClFN5O3. The number of benzene rings is 2. The van der Waals surface area contributed by atoms with Crippen molar-refractivity contribution in [3.63, 3.8) is 0 Å². The molecule has 1 N–H and O–H groups in total. The highest BCUT2D eigenvalue weighted by Crippen LogP contribution is 2.38. The van der Waals surface area contributed by atoms with Crippen LogP contribution in [0.1, 0.15) is 25.3 Å². The monoisotopic (exact) mass is 547 g/mol. The van der Waals surface area contributed by atoms with E-state index in [2.05, 4.69) is 11.6 Å². The third kappa shape index (κ3) is 4.74. The average molecular weight is 548 g/mol. The number of para-hydroxylation sites is 1. The van der Waals surface area contributed by atoms with Crippen molar-refractivity contribution < 1.29 is 14.3 Å². The van der Waals surface area contributed by atoms with Gasteiger partial charge in [-0.2, -0.15) is 4.98 Å². The summed E-state index contributed by atoms with van der Waals surface area (Å²) in [5, 5.41) is 11.1. The molecule has 0 atom stereocenters. The van der Waals surface area contributed by atoms with Gasteiger partial charge in [-0.1, -0.05) is 56.3 Å². The van der Waals surface area contributed by atoms with Crippen LogP contribution in [-0.4, -0.2) is 56.6 Å². The Morgan fingerprint density at radius 2 is 1.82 bits per heavy atom. The Morgan fingerprint density at radius 1 is 1.10 bits per heavy atom. The molecule has 3 heterocycles. The van der Waals surface area contributed by atoms with Gasteiger partial charge in [0.2, 0.25) is 5.91 Å². The number of hydrogen-bond donors (Lipinski definition) is 1. The second-order valence-electron chi connectivity index (χ2n) is 9.61. The molecule has 5 rings (SSSR count). The third-order valence-corrected chi connectivity index (χ3v) is 7.18. The van der Waals surface area contributed by atoms with Crippen molar-refractivity contribution in [2.24, 2.45) is 0 Å². The van der Waals surface area contributed by atoms with E-state index in [1.165, 1.54) is 28.8 Å². The van der Waals surface area contributed by atoms with Crippen LogP contribution in [0.3, 0.4) is 0 Å². The molecule has 2 aromatic heterocycles. The van der Waals surface area contributed by atoms with Gasteiger partial charge in [0, 0.05) is 26.2 Å². The molecule has 10 heteroatoms. The Labute approximate surface area is 229 Å². The Morgan fingerprint density at radius 3 is 2.49 bits per heavy atom. The first kappa shape index (κ1) is 26.4. The predicted molar refractivity (Wildman–Crippen MR) is 150 cm³/mol. The summed E-state index contributed by atoms with van der Waals surface area (Å²) in [5.74, 6) is -0.722. The molecule has 0 saturated carbocycles. The maximum Gasteiger partial charge on any atom is 0.355 e. The smallest absolute Gasteiger partial charge is 0.355 e. The van der Waals surface area contributed by atoms with Gasteiger partial charge in [0.25, 0.3) is 0 Å². The SMILES string of the molecule is C=CC(=O)N1CCN(c2nc(=O)n(-c3ccccc3C(C)C)c3nc(-c4c(O)cccc4F)c(Cl)cc23)CC1. The number of hydrogen-bond acceptors (Lipinski definition) is 6. The third-order valence-electron chi connectivity index (χ3n) is 6.90. The zero-order valence-electron chi connectivity index (χ0n) is 21.6. The standard InChI is InChI=1S/C29H27ClFN5O3/c1-4-24(38)34-12-14-35(15-13-34)27-19-16-20(30)26(25-21(31)9-7-11-23(25)37)32-28(19)36(29(39)33-27)22-10-6-5-8-18(22)17(2)3/h4-11,16-17,37H,1,12-15H2,2-3H3. The summed E-state index contributed by atoms with van der Waals surface area (Å²) in [6.45, 7) is 9.30. The molecule has 200 valence electrons. The number of pyridine rings is 1. The van der Waals surface area contributed by atoms with E-state index in [4.69, 9.17) is 16.6 Å². The Bertz CT molecular complexity index is 1640. The van der Waals surface area contributed by atoms with Crippen molar-refractivity contribution in [2.75, 3.05) is 31.1 Å². The van der Waals surface area contributed by atoms with E-state index in [-0.39, 0.29) is 39.5 Å². The summed E-state index contributed by atoms with van der Waals surface area (Å²) in [5.41, 5.74) is 1.02. The number of phenols is 1. The zero-order chi connectivity index (χ0) is 27.8. The lowest BCUT2D eigenvalue weighted by Gasteiger charge is -2.35. The van der Waals surface area contributed by atoms with Crippen LogP contribution in [0.2, 0.25) is 5.02 Å². The van der Waals surface area contributed by atoms with Crippen molar-refractivity contribution in [1.29, 1.82) is 0 Å². The number of anilines is 1. The Kier molecular flexibility index (Phi) is 7.10. The summed E-state index contributed by atoms with van der Waals surface area (Å²) in [6.07, 6.45) is 1.28. The number of halogens is 2. The lowest BCUT2D eigenvalue weighted by atomic mass is 10.0. The molecule has 1 amide bonds. The van der Waals surface area contributed by atoms with Crippen molar-refractivity contribution in [3.8, 4) is 22.7 Å². The molecule has 0 unspecified atom stereocenters. The summed E-state index contributed by atoms with van der Waals surface area (Å²) in [4.78, 5) is 38.5. The van der Waals surface area contributed by atoms with Gasteiger partial charge in [0.15, 0.2) is 5.65 Å². The van der Waals surface area contributed by atoms with Gasteiger partial charge in [-0.25, -0.2) is 18.7 Å². The molecule has 8 nitrogen and oxygen atoms in total. The minimum atomic E-state index is -0.697. The second-order valence-corrected chi connectivity index (χ2v) is 10.0. The lowest BCUT2D eigenvalue weighted by Crippen LogP contribution is -2.49. The number of amides is 1. The van der Waals surface area contributed by atoms with E-state index in [0.717, 1.165) is 5.56 Å². The normalized spacial score (nSPS) is 13.8. The highest BCUT2D eigenvalue weighted by molar-refractivity contribution is 6.34. The van der Waals surface area contributed by atoms with Crippen LogP contribution in [0.4, 0.5) is 10.2 Å². The minimum Gasteiger partial charge on any atom is -0.507 e. The summed E-state index contributed by atoms with van der Waals surface area (Å²) < 4.78 is 16.3. The van der Waals surface area contributed by atoms with Crippen LogP contribution in [0.25, 0.3) is 28.0 Å². The fourth-order valence-electron chi connectivity index (χ4n) is 4.93. The highest BCUT2D eigenvalue weighted by Gasteiger charge is 2.26. The number of fused-ring (bicyclic) bond motifs is 1. The molecule has 1 saturated heterocycles. The number of nitrogens with zero attached hydrogens (tertiary/aromatic N) is 5. The van der Waals surface area contributed by atoms with Gasteiger partial charge >= 0.3 is 5.69 Å². The van der Waals surface area contributed by atoms with Crippen molar-refractivity contribution in [2.45, 2.75) is 19.8 Å². The molecule has 1 fully saturated rings. The first-order chi connectivity index (χ1) is 18.7. The minimum absolute atomic E-state index is 0.00786. The molecule has 2 aromatic carbocycles. The molecule has 1 aliphatic rings. The summed E-state index contributed by atoms with van der Waals surface area (Å²) in [7, 11) is 0. The second kappa shape index (κ2) is 10.5. The van der Waals surface area contributed by atoms with Crippen LogP contribution < -0.4 is 10.6 Å². The number of carbonyl (C=O) groups excluding carboxylic acids is 1. The van der Waals surface area contributed by atoms with Gasteiger partial charge < -0.3 is 14.9 Å². The maximum atomic E-state index is 14.9. The zero-order valence-corrected chi connectivity index (χ0v) is 22.3. The average Bonchev–Trinajstić information content (AvgIpc) is 2.93. The van der Waals surface area contributed by atoms with Crippen molar-refractivity contribution in [1.82, 2.24) is 19.4 Å². The van der Waals surface area contributed by atoms with Crippen LogP contribution in [0, 0.1) is 5.82 Å². The molecule has 0 aliphatic carbocycles. The van der Waals surface area contributed by atoms with Crippen LogP contribution in [0.15, 0.2) is 66.0 Å². The topological polar surface area (TPSA) is 91.6 Å². The molecule has 0 bridgehead atoms. The number of aromatic hydroxyl groups is 1. The number of piperazine rings is 1. The van der Waals surface area contributed by atoms with E-state index in [1.54, 1.807) is 11.0 Å². The van der Waals surface area contributed by atoms with Crippen molar-refractivity contribution >= 4 is 34.4 Å². The Balaban J connectivity index is 1.78. The molecule has 0 spiro atoms. The molecular weight excluding hydrogens is 521 g/mol. The number of rotatable bonds is 5. The fourth-order valence-corrected chi connectivity index (χ4v) is 5.18. The summed E-state index contributed by atoms with van der Waals surface area (Å²) in [6, 6.07) is 13.0. The van der Waals surface area contributed by atoms with Crippen LogP contribution in [-0.2, 0) is 4.79 Å². The fraction of sp³-hybridized carbons (Fsp3) is 0.241. The number of aromatic nitrogens is 3. The molecule has 4 aromatic rings. The predicted octanol–water partition coefficient (Wildman–Crippen LogP) is 4.90. The van der Waals surface area contributed by atoms with Gasteiger partial charge in [0.1, 0.15) is 17.4 Å². The molecule has 0 radical (unpaired) electrons. The Hall–Kier alpha value is -4.24. The van der Waals surface area contributed by atoms with E-state index < -0.39 is 11.5 Å². The van der Waals surface area contributed by atoms with Crippen molar-refractivity contribution in [3.05, 3.63) is 88.1 Å². The van der Waals surface area contributed by atoms with Gasteiger partial charge in [-0.3, -0.25) is 4.79 Å². The van der Waals surface area contributed by atoms with Gasteiger partial charge in [-0.05, 0) is 41.8 Å². The quantitative estimate of drug-likeness (QED) is 0.357.